The van der Waals surface area contributed by atoms with E-state index in [4.69, 9.17) is 4.74 Å². The van der Waals surface area contributed by atoms with Gasteiger partial charge in [-0.2, -0.15) is 0 Å². The Kier molecular flexibility index (Phi) is 9.73. The van der Waals surface area contributed by atoms with Gasteiger partial charge < -0.3 is 19.5 Å². The lowest BCUT2D eigenvalue weighted by atomic mass is 9.82. The average Bonchev–Trinajstić information content (AvgIpc) is 3.13. The molecular formula is C38H43BrN4O7S2. The number of amides is 1. The SMILES string of the molecule is O=C(CBr)NCCCCCNS(=O)(=O)c1cc(S(=O)(=O)[O-])ccc1C1=c2cc3c4c(c2Oc2c1cc1c5c2CCCN5CCC1)CCC[N+]=4CCC3. The van der Waals surface area contributed by atoms with Gasteiger partial charge in [0.25, 0.3) is 0 Å². The van der Waals surface area contributed by atoms with Crippen molar-refractivity contribution in [3.63, 3.8) is 0 Å². The van der Waals surface area contributed by atoms with Crippen LogP contribution in [0.25, 0.3) is 5.57 Å². The molecule has 52 heavy (non-hydrogen) atoms. The Labute approximate surface area is 313 Å². The number of unbranched alkanes of at least 4 members (excludes halogenated alkanes) is 2. The molecule has 5 heterocycles. The lowest BCUT2D eigenvalue weighted by Gasteiger charge is -2.39. The van der Waals surface area contributed by atoms with E-state index in [1.54, 1.807) is 0 Å². The second-order valence-corrected chi connectivity index (χ2v) is 18.1. The molecule has 0 unspecified atom stereocenters. The van der Waals surface area contributed by atoms with Crippen molar-refractivity contribution in [3.8, 4) is 11.5 Å². The third kappa shape index (κ3) is 6.48. The Balaban J connectivity index is 1.32. The van der Waals surface area contributed by atoms with Gasteiger partial charge in [-0.05, 0) is 81.2 Å². The van der Waals surface area contributed by atoms with Crippen molar-refractivity contribution in [2.45, 2.75) is 80.4 Å². The van der Waals surface area contributed by atoms with Crippen molar-refractivity contribution >= 4 is 53.2 Å². The normalized spacial score (nSPS) is 17.5. The molecule has 3 aromatic rings. The summed E-state index contributed by atoms with van der Waals surface area (Å²) in [5.41, 5.74) is 7.79. The first-order valence-corrected chi connectivity index (χ1v) is 22.4. The summed E-state index contributed by atoms with van der Waals surface area (Å²) < 4.78 is 77.9. The summed E-state index contributed by atoms with van der Waals surface area (Å²) in [5.74, 6) is 1.39. The van der Waals surface area contributed by atoms with E-state index in [9.17, 15) is 26.2 Å². The lowest BCUT2D eigenvalue weighted by Crippen LogP contribution is -2.45. The zero-order chi connectivity index (χ0) is 36.2. The Morgan fingerprint density at radius 2 is 1.58 bits per heavy atom. The van der Waals surface area contributed by atoms with Gasteiger partial charge in [0.1, 0.15) is 34.7 Å². The standard InChI is InChI=1S/C38H43BrN4O7S2/c39-23-33(44)40-14-2-1-3-15-41-51(45,46)32-22-26(52(47,48)49)12-13-27(32)34-30-20-24-8-4-16-42-18-6-10-28(35(24)42)37(30)50-38-29-11-7-19-43-17-5-9-25(36(29)43)21-31(34)38/h12-13,20-22,41H,1-11,14-19,23H2,(H-,40,44,47,48,49). The van der Waals surface area contributed by atoms with Gasteiger partial charge in [-0.15, -0.1) is 0 Å². The highest BCUT2D eigenvalue weighted by atomic mass is 79.9. The van der Waals surface area contributed by atoms with Crippen LogP contribution >= 0.6 is 15.9 Å². The predicted octanol–water partition coefficient (Wildman–Crippen LogP) is 2.99. The molecule has 11 nitrogen and oxygen atoms in total. The fourth-order valence-corrected chi connectivity index (χ4v) is 11.0. The van der Waals surface area contributed by atoms with Crippen LogP contribution in [0.3, 0.4) is 0 Å². The molecule has 276 valence electrons. The summed E-state index contributed by atoms with van der Waals surface area (Å²) >= 11 is 3.12. The molecule has 1 amide bonds. The third-order valence-electron chi connectivity index (χ3n) is 11.1. The number of rotatable bonds is 11. The second-order valence-electron chi connectivity index (χ2n) is 14.4. The first-order valence-electron chi connectivity index (χ1n) is 18.4. The maximum Gasteiger partial charge on any atom is 0.241 e. The Morgan fingerprint density at radius 1 is 0.846 bits per heavy atom. The third-order valence-corrected chi connectivity index (χ3v) is 13.9. The van der Waals surface area contributed by atoms with Crippen molar-refractivity contribution in [1.29, 1.82) is 0 Å². The fourth-order valence-electron chi connectivity index (χ4n) is 8.88. The number of alkyl halides is 1. The maximum atomic E-state index is 14.3. The Morgan fingerprint density at radius 3 is 2.37 bits per heavy atom. The number of nitrogens with one attached hydrogen (secondary N) is 2. The van der Waals surface area contributed by atoms with Gasteiger partial charge >= 0.3 is 0 Å². The summed E-state index contributed by atoms with van der Waals surface area (Å²) in [6.45, 7) is 4.55. The van der Waals surface area contributed by atoms with Gasteiger partial charge in [0.15, 0.2) is 0 Å². The molecule has 0 spiro atoms. The van der Waals surface area contributed by atoms with Crippen LogP contribution in [0, 0.1) is 0 Å². The van der Waals surface area contributed by atoms with E-state index in [2.05, 4.69) is 47.6 Å². The van der Waals surface area contributed by atoms with Crippen LogP contribution < -0.4 is 34.8 Å². The number of benzene rings is 3. The number of ether oxygens (including phenoxy) is 1. The number of sulfonamides is 1. The largest absolute Gasteiger partial charge is 0.744 e. The topological polar surface area (TPSA) is 148 Å². The molecule has 0 fully saturated rings. The van der Waals surface area contributed by atoms with Crippen molar-refractivity contribution in [2.75, 3.05) is 49.5 Å². The van der Waals surface area contributed by atoms with Crippen LogP contribution in [0.1, 0.15) is 78.3 Å². The van der Waals surface area contributed by atoms with Crippen LogP contribution in [0.4, 0.5) is 5.69 Å². The summed E-state index contributed by atoms with van der Waals surface area (Å²) in [6, 6.07) is 8.07. The van der Waals surface area contributed by atoms with E-state index in [0.29, 0.717) is 36.9 Å². The molecular weight excluding hydrogens is 768 g/mol. The monoisotopic (exact) mass is 810 g/mol. The number of fused-ring (bicyclic) bond motifs is 4. The minimum atomic E-state index is -4.97. The maximum absolute atomic E-state index is 14.3. The van der Waals surface area contributed by atoms with Crippen LogP contribution in [0.5, 0.6) is 11.5 Å². The highest BCUT2D eigenvalue weighted by Gasteiger charge is 2.37. The highest BCUT2D eigenvalue weighted by Crippen LogP contribution is 2.49. The predicted molar refractivity (Wildman–Crippen MR) is 201 cm³/mol. The number of hydrogen-bond acceptors (Lipinski definition) is 8. The number of nitrogens with zero attached hydrogens (tertiary/aromatic N) is 2. The molecule has 0 saturated heterocycles. The summed E-state index contributed by atoms with van der Waals surface area (Å²) in [4.78, 5) is 13.1. The smallest absolute Gasteiger partial charge is 0.241 e. The molecule has 0 aromatic heterocycles. The van der Waals surface area contributed by atoms with Crippen molar-refractivity contribution in [3.05, 3.63) is 74.3 Å². The molecule has 0 bridgehead atoms. The number of carbonyl (C=O) groups is 1. The first kappa shape index (κ1) is 35.7. The summed E-state index contributed by atoms with van der Waals surface area (Å²) in [5, 5.41) is 5.05. The number of aryl methyl sites for hydroxylation is 2. The van der Waals surface area contributed by atoms with Crippen molar-refractivity contribution < 1.29 is 30.9 Å². The Bertz CT molecular complexity index is 2340. The van der Waals surface area contributed by atoms with Gasteiger partial charge in [-0.25, -0.2) is 26.1 Å². The van der Waals surface area contributed by atoms with Crippen LogP contribution in [-0.4, -0.2) is 71.9 Å². The van der Waals surface area contributed by atoms with Gasteiger partial charge in [0, 0.05) is 77.8 Å². The average molecular weight is 812 g/mol. The van der Waals surface area contributed by atoms with Crippen molar-refractivity contribution in [2.24, 2.45) is 0 Å². The number of halogens is 1. The van der Waals surface area contributed by atoms with E-state index in [0.717, 1.165) is 117 Å². The van der Waals surface area contributed by atoms with E-state index in [1.807, 2.05) is 0 Å². The second kappa shape index (κ2) is 14.2. The van der Waals surface area contributed by atoms with E-state index < -0.39 is 25.0 Å². The molecule has 2 N–H and O–H groups in total. The fraction of sp³-hybridized carbons (Fsp3) is 0.474. The highest BCUT2D eigenvalue weighted by molar-refractivity contribution is 9.09. The number of anilines is 1. The summed E-state index contributed by atoms with van der Waals surface area (Å²) in [7, 11) is -9.27. The van der Waals surface area contributed by atoms with Gasteiger partial charge in [-0.1, -0.05) is 28.4 Å². The lowest BCUT2D eigenvalue weighted by molar-refractivity contribution is -0.118. The molecule has 0 saturated carbocycles. The van der Waals surface area contributed by atoms with Gasteiger partial charge in [0.05, 0.1) is 20.7 Å². The number of carbonyl (C=O) groups excluding carboxylic acids is 1. The molecule has 8 rings (SSSR count). The molecule has 5 aliphatic heterocycles. The molecule has 14 heteroatoms. The molecule has 0 aliphatic carbocycles. The quantitative estimate of drug-likeness (QED) is 0.102. The minimum Gasteiger partial charge on any atom is -0.744 e. The van der Waals surface area contributed by atoms with E-state index >= 15 is 0 Å². The molecule has 3 aromatic carbocycles. The van der Waals surface area contributed by atoms with Crippen LogP contribution in [0.15, 0.2) is 40.1 Å². The van der Waals surface area contributed by atoms with Crippen molar-refractivity contribution in [1.82, 2.24) is 14.6 Å². The summed E-state index contributed by atoms with van der Waals surface area (Å²) in [6.07, 6.45) is 9.35. The van der Waals surface area contributed by atoms with Crippen LogP contribution in [0.2, 0.25) is 0 Å². The molecule has 0 atom stereocenters. The zero-order valence-electron chi connectivity index (χ0n) is 29.1. The zero-order valence-corrected chi connectivity index (χ0v) is 32.3. The van der Waals surface area contributed by atoms with Gasteiger partial charge in [-0.3, -0.25) is 4.79 Å². The van der Waals surface area contributed by atoms with Gasteiger partial charge in [0.2, 0.25) is 21.3 Å². The molecule has 5 aliphatic rings. The first-order chi connectivity index (χ1) is 25.0. The molecule has 0 radical (unpaired) electrons. The van der Waals surface area contributed by atoms with Crippen LogP contribution in [-0.2, 0) is 50.6 Å². The van der Waals surface area contributed by atoms with E-state index in [-0.39, 0.29) is 22.7 Å². The minimum absolute atomic E-state index is 0.106. The number of hydrogen-bond donors (Lipinski definition) is 2. The Hall–Kier alpha value is -3.30. The van der Waals surface area contributed by atoms with E-state index in [1.165, 1.54) is 34.3 Å².